The number of esters is 1. The van der Waals surface area contributed by atoms with Crippen LogP contribution in [-0.4, -0.2) is 44.4 Å². The number of amides is 2. The van der Waals surface area contributed by atoms with Gasteiger partial charge in [0.15, 0.2) is 12.4 Å². The van der Waals surface area contributed by atoms with Crippen molar-refractivity contribution in [3.05, 3.63) is 48.0 Å². The maximum Gasteiger partial charge on any atom is 0.306 e. The van der Waals surface area contributed by atoms with Crippen LogP contribution in [0.2, 0.25) is 0 Å². The van der Waals surface area contributed by atoms with Gasteiger partial charge in [-0.15, -0.1) is 0 Å². The monoisotopic (exact) mass is 442 g/mol. The average molecular weight is 442 g/mol. The summed E-state index contributed by atoms with van der Waals surface area (Å²) in [5, 5.41) is 5.28. The minimum Gasteiger partial charge on any atom is -0.497 e. The second-order valence-corrected chi connectivity index (χ2v) is 6.81. The molecule has 170 valence electrons. The van der Waals surface area contributed by atoms with E-state index < -0.39 is 18.5 Å². The summed E-state index contributed by atoms with van der Waals surface area (Å²) in [6.45, 7) is 0.975. The number of carbonyl (C=O) groups is 4. The van der Waals surface area contributed by atoms with Crippen molar-refractivity contribution in [2.45, 2.75) is 26.2 Å². The lowest BCUT2D eigenvalue weighted by molar-refractivity contribution is -0.147. The number of hydrogen-bond acceptors (Lipinski definition) is 7. The molecule has 0 bridgehead atoms. The molecular weight excluding hydrogens is 416 g/mol. The third-order valence-corrected chi connectivity index (χ3v) is 4.38. The minimum atomic E-state index is -0.593. The molecular formula is C23H26N2O7. The van der Waals surface area contributed by atoms with E-state index >= 15 is 0 Å². The minimum absolute atomic E-state index is 0.0172. The molecule has 0 atom stereocenters. The lowest BCUT2D eigenvalue weighted by Crippen LogP contribution is -2.21. The average Bonchev–Trinajstić information content (AvgIpc) is 2.77. The van der Waals surface area contributed by atoms with E-state index in [2.05, 4.69) is 10.6 Å². The van der Waals surface area contributed by atoms with E-state index in [9.17, 15) is 19.2 Å². The van der Waals surface area contributed by atoms with Gasteiger partial charge in [-0.3, -0.25) is 19.2 Å². The molecule has 9 heteroatoms. The molecule has 0 aromatic heterocycles. The summed E-state index contributed by atoms with van der Waals surface area (Å²) in [6, 6.07) is 11.5. The molecule has 0 spiro atoms. The molecule has 2 aromatic carbocycles. The molecule has 2 rings (SSSR count). The van der Waals surface area contributed by atoms with E-state index in [1.54, 1.807) is 42.5 Å². The van der Waals surface area contributed by atoms with Crippen LogP contribution >= 0.6 is 0 Å². The van der Waals surface area contributed by atoms with Crippen LogP contribution in [-0.2, 0) is 19.1 Å². The van der Waals surface area contributed by atoms with E-state index in [0.717, 1.165) is 0 Å². The van der Waals surface area contributed by atoms with Gasteiger partial charge in [-0.05, 0) is 37.6 Å². The summed E-state index contributed by atoms with van der Waals surface area (Å²) in [5.74, 6) is -0.550. The van der Waals surface area contributed by atoms with Crippen LogP contribution in [0.5, 0.6) is 11.5 Å². The van der Waals surface area contributed by atoms with Crippen LogP contribution in [0, 0.1) is 0 Å². The van der Waals surface area contributed by atoms with Crippen LogP contribution in [0.3, 0.4) is 0 Å². The van der Waals surface area contributed by atoms with E-state index in [1.807, 2.05) is 0 Å². The Morgan fingerprint density at radius 2 is 1.66 bits per heavy atom. The Balaban J connectivity index is 1.72. The molecule has 0 saturated carbocycles. The number of hydrogen-bond donors (Lipinski definition) is 2. The largest absolute Gasteiger partial charge is 0.497 e. The number of nitrogens with one attached hydrogen (secondary N) is 2. The van der Waals surface area contributed by atoms with Gasteiger partial charge in [0.05, 0.1) is 19.9 Å². The van der Waals surface area contributed by atoms with Gasteiger partial charge in [-0.1, -0.05) is 12.1 Å². The highest BCUT2D eigenvalue weighted by Gasteiger charge is 2.12. The maximum atomic E-state index is 12.1. The lowest BCUT2D eigenvalue weighted by Gasteiger charge is -2.12. The van der Waals surface area contributed by atoms with Gasteiger partial charge in [0.2, 0.25) is 5.91 Å². The molecule has 32 heavy (non-hydrogen) atoms. The fourth-order valence-corrected chi connectivity index (χ4v) is 2.75. The maximum absolute atomic E-state index is 12.1. The van der Waals surface area contributed by atoms with E-state index in [-0.39, 0.29) is 31.0 Å². The predicted molar refractivity (Wildman–Crippen MR) is 118 cm³/mol. The molecule has 2 N–H and O–H groups in total. The summed E-state index contributed by atoms with van der Waals surface area (Å²) in [4.78, 5) is 47.4. The number of Topliss-reactive ketones (excluding diaryl/α,β-unsaturated/α-hetero) is 1. The summed E-state index contributed by atoms with van der Waals surface area (Å²) in [7, 11) is 2.96. The second kappa shape index (κ2) is 12.1. The van der Waals surface area contributed by atoms with Gasteiger partial charge in [0.25, 0.3) is 5.91 Å². The number of anilines is 2. The van der Waals surface area contributed by atoms with Gasteiger partial charge in [-0.25, -0.2) is 0 Å². The summed E-state index contributed by atoms with van der Waals surface area (Å²) >= 11 is 0. The molecule has 9 nitrogen and oxygen atoms in total. The molecule has 0 aliphatic heterocycles. The lowest BCUT2D eigenvalue weighted by atomic mass is 10.1. The number of rotatable bonds is 11. The zero-order valence-corrected chi connectivity index (χ0v) is 18.2. The van der Waals surface area contributed by atoms with Crippen LogP contribution in [0.4, 0.5) is 11.4 Å². The summed E-state index contributed by atoms with van der Waals surface area (Å²) in [5.41, 5.74) is 1.39. The van der Waals surface area contributed by atoms with Crippen molar-refractivity contribution in [2.24, 2.45) is 0 Å². The standard InChI is InChI=1S/C23H26N2O7/c1-15(26)16-6-4-7-17(12-16)24-21(27)8-5-9-23(29)32-14-22(28)25-19-13-18(30-2)10-11-20(19)31-3/h4,6-7,10-13H,5,8-9,14H2,1-3H3,(H,24,27)(H,25,28). The van der Waals surface area contributed by atoms with Crippen molar-refractivity contribution in [3.8, 4) is 11.5 Å². The highest BCUT2D eigenvalue weighted by molar-refractivity contribution is 5.97. The Morgan fingerprint density at radius 3 is 2.34 bits per heavy atom. The SMILES string of the molecule is COc1ccc(OC)c(NC(=O)COC(=O)CCCC(=O)Nc2cccc(C(C)=O)c2)c1. The van der Waals surface area contributed by atoms with Crippen molar-refractivity contribution in [1.82, 2.24) is 0 Å². The smallest absolute Gasteiger partial charge is 0.306 e. The topological polar surface area (TPSA) is 120 Å². The number of carbonyl (C=O) groups excluding carboxylic acids is 4. The first-order valence-electron chi connectivity index (χ1n) is 9.90. The highest BCUT2D eigenvalue weighted by Crippen LogP contribution is 2.28. The van der Waals surface area contributed by atoms with Gasteiger partial charge in [0, 0.05) is 30.2 Å². The summed E-state index contributed by atoms with van der Waals surface area (Å²) in [6.07, 6.45) is 0.325. The molecule has 0 radical (unpaired) electrons. The van der Waals surface area contributed by atoms with E-state index in [0.29, 0.717) is 28.4 Å². The molecule has 0 unspecified atom stereocenters. The Kier molecular flexibility index (Phi) is 9.22. The fourth-order valence-electron chi connectivity index (χ4n) is 2.75. The van der Waals surface area contributed by atoms with E-state index in [4.69, 9.17) is 14.2 Å². The molecule has 2 amide bonds. The molecule has 0 aliphatic rings. The van der Waals surface area contributed by atoms with Crippen molar-refractivity contribution < 1.29 is 33.4 Å². The van der Waals surface area contributed by atoms with Gasteiger partial charge < -0.3 is 24.8 Å². The zero-order valence-electron chi connectivity index (χ0n) is 18.2. The van der Waals surface area contributed by atoms with Crippen LogP contribution < -0.4 is 20.1 Å². The van der Waals surface area contributed by atoms with Gasteiger partial charge in [0.1, 0.15) is 11.5 Å². The van der Waals surface area contributed by atoms with Gasteiger partial charge >= 0.3 is 5.97 Å². The van der Waals surface area contributed by atoms with Gasteiger partial charge in [-0.2, -0.15) is 0 Å². The fraction of sp³-hybridized carbons (Fsp3) is 0.304. The molecule has 0 fully saturated rings. The van der Waals surface area contributed by atoms with E-state index in [1.165, 1.54) is 21.1 Å². The van der Waals surface area contributed by atoms with Crippen LogP contribution in [0.15, 0.2) is 42.5 Å². The molecule has 0 heterocycles. The van der Waals surface area contributed by atoms with Crippen LogP contribution in [0.1, 0.15) is 36.5 Å². The van der Waals surface area contributed by atoms with Crippen molar-refractivity contribution >= 4 is 34.9 Å². The first kappa shape index (κ1) is 24.4. The number of ketones is 1. The number of methoxy groups -OCH3 is 2. The summed E-state index contributed by atoms with van der Waals surface area (Å²) < 4.78 is 15.2. The zero-order chi connectivity index (χ0) is 23.5. The Morgan fingerprint density at radius 1 is 0.875 bits per heavy atom. The third kappa shape index (κ3) is 7.75. The van der Waals surface area contributed by atoms with Crippen LogP contribution in [0.25, 0.3) is 0 Å². The molecule has 2 aromatic rings. The quantitative estimate of drug-likeness (QED) is 0.405. The van der Waals surface area contributed by atoms with Crippen molar-refractivity contribution in [1.29, 1.82) is 0 Å². The second-order valence-electron chi connectivity index (χ2n) is 6.81. The predicted octanol–water partition coefficient (Wildman–Crippen LogP) is 3.20. The number of benzene rings is 2. The normalized spacial score (nSPS) is 10.1. The Labute approximate surface area is 186 Å². The number of ether oxygens (including phenoxy) is 3. The highest BCUT2D eigenvalue weighted by atomic mass is 16.5. The Bertz CT molecular complexity index is 988. The van der Waals surface area contributed by atoms with Crippen molar-refractivity contribution in [2.75, 3.05) is 31.5 Å². The molecule has 0 aliphatic carbocycles. The first-order chi connectivity index (χ1) is 15.3. The van der Waals surface area contributed by atoms with Crippen molar-refractivity contribution in [3.63, 3.8) is 0 Å². The first-order valence-corrected chi connectivity index (χ1v) is 9.90. The third-order valence-electron chi connectivity index (χ3n) is 4.38. The Hall–Kier alpha value is -3.88. The molecule has 0 saturated heterocycles.